The summed E-state index contributed by atoms with van der Waals surface area (Å²) in [5.41, 5.74) is 0.919. The van der Waals surface area contributed by atoms with Crippen molar-refractivity contribution >= 4 is 17.5 Å². The van der Waals surface area contributed by atoms with Crippen LogP contribution >= 0.6 is 11.6 Å². The zero-order valence-electron chi connectivity index (χ0n) is 8.28. The first-order valence-electron chi connectivity index (χ1n) is 4.93. The SMILES string of the molecule is O=C(Cc1cccc(Cl)c1)N1CCCO1. The molecule has 1 saturated heterocycles. The molecular weight excluding hydrogens is 214 g/mol. The Labute approximate surface area is 93.5 Å². The number of benzene rings is 1. The van der Waals surface area contributed by atoms with Crippen molar-refractivity contribution in [3.8, 4) is 0 Å². The highest BCUT2D eigenvalue weighted by Gasteiger charge is 2.19. The molecule has 0 unspecified atom stereocenters. The second-order valence-electron chi connectivity index (χ2n) is 3.49. The molecule has 0 aliphatic carbocycles. The average Bonchev–Trinajstić information content (AvgIpc) is 2.70. The van der Waals surface area contributed by atoms with Gasteiger partial charge in [0.05, 0.1) is 19.6 Å². The lowest BCUT2D eigenvalue weighted by atomic mass is 10.1. The van der Waals surface area contributed by atoms with E-state index < -0.39 is 0 Å². The van der Waals surface area contributed by atoms with Crippen molar-refractivity contribution < 1.29 is 9.63 Å². The number of amides is 1. The minimum atomic E-state index is -0.00485. The second-order valence-corrected chi connectivity index (χ2v) is 3.93. The van der Waals surface area contributed by atoms with Crippen LogP contribution in [-0.2, 0) is 16.1 Å². The molecule has 3 nitrogen and oxygen atoms in total. The Hall–Kier alpha value is -1.06. The van der Waals surface area contributed by atoms with Gasteiger partial charge in [-0.25, -0.2) is 5.06 Å². The van der Waals surface area contributed by atoms with Crippen LogP contribution in [0.3, 0.4) is 0 Å². The van der Waals surface area contributed by atoms with Crippen LogP contribution in [0.15, 0.2) is 24.3 Å². The van der Waals surface area contributed by atoms with E-state index in [1.807, 2.05) is 12.1 Å². The first kappa shape index (κ1) is 10.5. The van der Waals surface area contributed by atoms with Crippen LogP contribution in [0.1, 0.15) is 12.0 Å². The molecule has 4 heteroatoms. The Morgan fingerprint density at radius 1 is 1.53 bits per heavy atom. The fourth-order valence-electron chi connectivity index (χ4n) is 1.55. The van der Waals surface area contributed by atoms with Gasteiger partial charge in [-0.15, -0.1) is 0 Å². The van der Waals surface area contributed by atoms with E-state index in [1.165, 1.54) is 5.06 Å². The molecule has 1 aromatic rings. The topological polar surface area (TPSA) is 29.5 Å². The van der Waals surface area contributed by atoms with E-state index in [0.29, 0.717) is 24.6 Å². The Bertz CT molecular complexity index is 361. The second kappa shape index (κ2) is 4.64. The van der Waals surface area contributed by atoms with Crippen molar-refractivity contribution in [2.75, 3.05) is 13.2 Å². The zero-order chi connectivity index (χ0) is 10.7. The molecular formula is C11H12ClNO2. The largest absolute Gasteiger partial charge is 0.272 e. The molecule has 0 aromatic heterocycles. The fourth-order valence-corrected chi connectivity index (χ4v) is 1.77. The van der Waals surface area contributed by atoms with Gasteiger partial charge in [0.1, 0.15) is 0 Å². The highest BCUT2D eigenvalue weighted by molar-refractivity contribution is 6.30. The third kappa shape index (κ3) is 2.70. The van der Waals surface area contributed by atoms with E-state index in [2.05, 4.69) is 0 Å². The number of hydrogen-bond donors (Lipinski definition) is 0. The number of hydrogen-bond acceptors (Lipinski definition) is 2. The maximum atomic E-state index is 11.7. The summed E-state index contributed by atoms with van der Waals surface area (Å²) in [6.45, 7) is 1.33. The summed E-state index contributed by atoms with van der Waals surface area (Å²) in [4.78, 5) is 16.9. The van der Waals surface area contributed by atoms with Crippen LogP contribution in [0.25, 0.3) is 0 Å². The van der Waals surface area contributed by atoms with Gasteiger partial charge in [-0.2, -0.15) is 0 Å². The average molecular weight is 226 g/mol. The van der Waals surface area contributed by atoms with E-state index in [4.69, 9.17) is 16.4 Å². The summed E-state index contributed by atoms with van der Waals surface area (Å²) in [5, 5.41) is 2.09. The molecule has 0 spiro atoms. The van der Waals surface area contributed by atoms with E-state index in [-0.39, 0.29) is 5.91 Å². The molecule has 15 heavy (non-hydrogen) atoms. The summed E-state index contributed by atoms with van der Waals surface area (Å²) in [7, 11) is 0. The lowest BCUT2D eigenvalue weighted by Crippen LogP contribution is -2.27. The van der Waals surface area contributed by atoms with Crippen LogP contribution in [0, 0.1) is 0 Å². The molecule has 1 aromatic carbocycles. The number of rotatable bonds is 2. The van der Waals surface area contributed by atoms with Crippen molar-refractivity contribution in [3.63, 3.8) is 0 Å². The lowest BCUT2D eigenvalue weighted by molar-refractivity contribution is -0.167. The smallest absolute Gasteiger partial charge is 0.250 e. The van der Waals surface area contributed by atoms with Crippen molar-refractivity contribution in [1.29, 1.82) is 0 Å². The molecule has 1 fully saturated rings. The van der Waals surface area contributed by atoms with Crippen molar-refractivity contribution in [3.05, 3.63) is 34.9 Å². The zero-order valence-corrected chi connectivity index (χ0v) is 9.04. The monoisotopic (exact) mass is 225 g/mol. The van der Waals surface area contributed by atoms with E-state index >= 15 is 0 Å². The van der Waals surface area contributed by atoms with Gasteiger partial charge in [0.25, 0.3) is 5.91 Å². The molecule has 0 bridgehead atoms. The van der Waals surface area contributed by atoms with Crippen LogP contribution in [0.4, 0.5) is 0 Å². The Morgan fingerprint density at radius 2 is 2.40 bits per heavy atom. The van der Waals surface area contributed by atoms with E-state index in [1.54, 1.807) is 12.1 Å². The fraction of sp³-hybridized carbons (Fsp3) is 0.364. The number of halogens is 1. The molecule has 2 rings (SSSR count). The molecule has 0 radical (unpaired) electrons. The quantitative estimate of drug-likeness (QED) is 0.771. The van der Waals surface area contributed by atoms with Crippen molar-refractivity contribution in [1.82, 2.24) is 5.06 Å². The van der Waals surface area contributed by atoms with E-state index in [9.17, 15) is 4.79 Å². The number of hydroxylamine groups is 2. The first-order chi connectivity index (χ1) is 7.25. The summed E-state index contributed by atoms with van der Waals surface area (Å²) < 4.78 is 0. The van der Waals surface area contributed by atoms with Crippen LogP contribution in [-0.4, -0.2) is 24.1 Å². The summed E-state index contributed by atoms with van der Waals surface area (Å²) in [5.74, 6) is -0.00485. The molecule has 1 aliphatic heterocycles. The maximum Gasteiger partial charge on any atom is 0.250 e. The molecule has 80 valence electrons. The van der Waals surface area contributed by atoms with E-state index in [0.717, 1.165) is 12.0 Å². The number of carbonyl (C=O) groups excluding carboxylic acids is 1. The minimum absolute atomic E-state index is 0.00485. The summed E-state index contributed by atoms with van der Waals surface area (Å²) in [6, 6.07) is 7.33. The Balaban J connectivity index is 1.99. The van der Waals surface area contributed by atoms with Gasteiger partial charge in [0, 0.05) is 5.02 Å². The lowest BCUT2D eigenvalue weighted by Gasteiger charge is -2.13. The van der Waals surface area contributed by atoms with Gasteiger partial charge >= 0.3 is 0 Å². The predicted octanol–water partition coefficient (Wildman–Crippen LogP) is 2.05. The Kier molecular flexibility index (Phi) is 3.23. The van der Waals surface area contributed by atoms with Gasteiger partial charge in [0.15, 0.2) is 0 Å². The molecule has 1 amide bonds. The molecule has 0 saturated carbocycles. The van der Waals surface area contributed by atoms with Crippen LogP contribution in [0.5, 0.6) is 0 Å². The predicted molar refractivity (Wildman–Crippen MR) is 57.4 cm³/mol. The van der Waals surface area contributed by atoms with Gasteiger partial charge in [-0.05, 0) is 24.1 Å². The van der Waals surface area contributed by atoms with Gasteiger partial charge in [-0.3, -0.25) is 9.63 Å². The molecule has 1 aliphatic rings. The summed E-state index contributed by atoms with van der Waals surface area (Å²) in [6.07, 6.45) is 1.27. The summed E-state index contributed by atoms with van der Waals surface area (Å²) >= 11 is 5.83. The number of carbonyl (C=O) groups is 1. The van der Waals surface area contributed by atoms with Crippen molar-refractivity contribution in [2.24, 2.45) is 0 Å². The number of nitrogens with zero attached hydrogens (tertiary/aromatic N) is 1. The minimum Gasteiger partial charge on any atom is -0.272 e. The molecule has 0 atom stereocenters. The molecule has 0 N–H and O–H groups in total. The van der Waals surface area contributed by atoms with Crippen molar-refractivity contribution in [2.45, 2.75) is 12.8 Å². The van der Waals surface area contributed by atoms with Gasteiger partial charge in [-0.1, -0.05) is 23.7 Å². The van der Waals surface area contributed by atoms with Crippen LogP contribution < -0.4 is 0 Å². The van der Waals surface area contributed by atoms with Crippen LogP contribution in [0.2, 0.25) is 5.02 Å². The third-order valence-corrected chi connectivity index (χ3v) is 2.51. The normalized spacial score (nSPS) is 15.7. The third-order valence-electron chi connectivity index (χ3n) is 2.28. The van der Waals surface area contributed by atoms with Gasteiger partial charge in [0.2, 0.25) is 0 Å². The Morgan fingerprint density at radius 3 is 3.07 bits per heavy atom. The van der Waals surface area contributed by atoms with Gasteiger partial charge < -0.3 is 0 Å². The highest BCUT2D eigenvalue weighted by atomic mass is 35.5. The first-order valence-corrected chi connectivity index (χ1v) is 5.31. The standard InChI is InChI=1S/C11H12ClNO2/c12-10-4-1-3-9(7-10)8-11(14)13-5-2-6-15-13/h1,3-4,7H,2,5-6,8H2. The molecule has 1 heterocycles. The maximum absolute atomic E-state index is 11.7. The highest BCUT2D eigenvalue weighted by Crippen LogP contribution is 2.13.